The molecule has 2 aromatic heterocycles. The summed E-state index contributed by atoms with van der Waals surface area (Å²) in [7, 11) is -3.40. The van der Waals surface area contributed by atoms with E-state index in [1.165, 1.54) is 23.7 Å². The lowest BCUT2D eigenvalue weighted by atomic mass is 10.4. The molecule has 0 fully saturated rings. The molecule has 2 heterocycles. The number of nitrogens with zero attached hydrogens (tertiary/aromatic N) is 2. The van der Waals surface area contributed by atoms with Gasteiger partial charge in [0.15, 0.2) is 0 Å². The Kier molecular flexibility index (Phi) is 3.79. The van der Waals surface area contributed by atoms with Gasteiger partial charge in [-0.15, -0.1) is 11.3 Å². The van der Waals surface area contributed by atoms with Gasteiger partial charge in [-0.05, 0) is 13.8 Å². The second-order valence-corrected chi connectivity index (χ2v) is 6.91. The SMILES string of the molecule is Cc1nc(C)c(CNS(=O)(=O)Cc2ccon2)s1. The summed E-state index contributed by atoms with van der Waals surface area (Å²) >= 11 is 1.49. The average molecular weight is 287 g/mol. The monoisotopic (exact) mass is 287 g/mol. The van der Waals surface area contributed by atoms with Gasteiger partial charge >= 0.3 is 0 Å². The number of hydrogen-bond donors (Lipinski definition) is 1. The number of nitrogens with one attached hydrogen (secondary N) is 1. The summed E-state index contributed by atoms with van der Waals surface area (Å²) < 4.78 is 30.7. The Morgan fingerprint density at radius 2 is 2.22 bits per heavy atom. The number of sulfonamides is 1. The minimum absolute atomic E-state index is 0.180. The molecule has 1 N–H and O–H groups in total. The predicted octanol–water partition coefficient (Wildman–Crippen LogP) is 1.37. The van der Waals surface area contributed by atoms with Crippen LogP contribution in [0.15, 0.2) is 16.9 Å². The van der Waals surface area contributed by atoms with E-state index in [9.17, 15) is 8.42 Å². The van der Waals surface area contributed by atoms with Crippen molar-refractivity contribution in [2.24, 2.45) is 0 Å². The van der Waals surface area contributed by atoms with Crippen LogP contribution in [-0.2, 0) is 22.3 Å². The van der Waals surface area contributed by atoms with E-state index in [1.807, 2.05) is 13.8 Å². The fourth-order valence-electron chi connectivity index (χ4n) is 1.47. The lowest BCUT2D eigenvalue weighted by Crippen LogP contribution is -2.24. The molecule has 0 radical (unpaired) electrons. The van der Waals surface area contributed by atoms with E-state index >= 15 is 0 Å². The van der Waals surface area contributed by atoms with Crippen molar-refractivity contribution >= 4 is 21.4 Å². The zero-order valence-corrected chi connectivity index (χ0v) is 11.6. The number of thiazole rings is 1. The van der Waals surface area contributed by atoms with Crippen molar-refractivity contribution in [2.45, 2.75) is 26.1 Å². The smallest absolute Gasteiger partial charge is 0.217 e. The average Bonchev–Trinajstić information content (AvgIpc) is 2.85. The molecule has 2 rings (SSSR count). The molecule has 2 aromatic rings. The minimum Gasteiger partial charge on any atom is -0.364 e. The van der Waals surface area contributed by atoms with Crippen molar-refractivity contribution < 1.29 is 12.9 Å². The Bertz CT molecular complexity index is 617. The zero-order chi connectivity index (χ0) is 13.2. The molecule has 0 unspecified atom stereocenters. The van der Waals surface area contributed by atoms with E-state index in [4.69, 9.17) is 0 Å². The highest BCUT2D eigenvalue weighted by Gasteiger charge is 2.15. The number of aryl methyl sites for hydroxylation is 2. The van der Waals surface area contributed by atoms with Crippen molar-refractivity contribution in [2.75, 3.05) is 0 Å². The van der Waals surface area contributed by atoms with Crippen LogP contribution < -0.4 is 4.72 Å². The summed E-state index contributed by atoms with van der Waals surface area (Å²) in [6.07, 6.45) is 1.35. The molecule has 6 nitrogen and oxygen atoms in total. The molecule has 0 atom stereocenters. The van der Waals surface area contributed by atoms with Gasteiger partial charge in [0.1, 0.15) is 12.0 Å². The maximum atomic E-state index is 11.8. The Labute approximate surface area is 109 Å². The lowest BCUT2D eigenvalue weighted by molar-refractivity contribution is 0.413. The molecule has 98 valence electrons. The predicted molar refractivity (Wildman–Crippen MR) is 67.6 cm³/mol. The highest BCUT2D eigenvalue weighted by molar-refractivity contribution is 7.88. The third-order valence-corrected chi connectivity index (χ3v) is 4.61. The Morgan fingerprint density at radius 3 is 2.78 bits per heavy atom. The van der Waals surface area contributed by atoms with Crippen LogP contribution in [0.2, 0.25) is 0 Å². The van der Waals surface area contributed by atoms with E-state index in [1.54, 1.807) is 0 Å². The molecule has 0 saturated heterocycles. The molecule has 18 heavy (non-hydrogen) atoms. The van der Waals surface area contributed by atoms with E-state index in [-0.39, 0.29) is 12.3 Å². The van der Waals surface area contributed by atoms with Gasteiger partial charge < -0.3 is 4.52 Å². The van der Waals surface area contributed by atoms with Crippen LogP contribution in [0.25, 0.3) is 0 Å². The number of rotatable bonds is 5. The topological polar surface area (TPSA) is 85.1 Å². The zero-order valence-electron chi connectivity index (χ0n) is 10.0. The minimum atomic E-state index is -3.40. The molecule has 0 amide bonds. The van der Waals surface area contributed by atoms with Crippen molar-refractivity contribution in [3.05, 3.63) is 33.6 Å². The van der Waals surface area contributed by atoms with Crippen LogP contribution >= 0.6 is 11.3 Å². The quantitative estimate of drug-likeness (QED) is 0.897. The first-order valence-corrected chi connectivity index (χ1v) is 7.72. The van der Waals surface area contributed by atoms with E-state index in [0.717, 1.165) is 15.6 Å². The molecule has 0 bridgehead atoms. The molecule has 0 aliphatic heterocycles. The summed E-state index contributed by atoms with van der Waals surface area (Å²) in [5, 5.41) is 4.50. The van der Waals surface area contributed by atoms with Gasteiger partial charge in [-0.2, -0.15) is 0 Å². The van der Waals surface area contributed by atoms with Crippen molar-refractivity contribution in [1.82, 2.24) is 14.9 Å². The van der Waals surface area contributed by atoms with Gasteiger partial charge in [-0.3, -0.25) is 0 Å². The molecular formula is C10H13N3O3S2. The second kappa shape index (κ2) is 5.17. The van der Waals surface area contributed by atoms with Crippen LogP contribution in [0.1, 0.15) is 21.3 Å². The third-order valence-electron chi connectivity index (χ3n) is 2.28. The van der Waals surface area contributed by atoms with Crippen molar-refractivity contribution in [3.8, 4) is 0 Å². The van der Waals surface area contributed by atoms with Gasteiger partial charge in [0, 0.05) is 17.5 Å². The molecule has 0 saturated carbocycles. The Balaban J connectivity index is 1.99. The molecule has 8 heteroatoms. The fourth-order valence-corrected chi connectivity index (χ4v) is 3.44. The van der Waals surface area contributed by atoms with Gasteiger partial charge in [0.2, 0.25) is 10.0 Å². The first-order chi connectivity index (χ1) is 8.46. The standard InChI is InChI=1S/C10H13N3O3S2/c1-7-10(17-8(2)12-7)5-11-18(14,15)6-9-3-4-16-13-9/h3-4,11H,5-6H2,1-2H3. The maximum absolute atomic E-state index is 11.8. The molecule has 0 aromatic carbocycles. The van der Waals surface area contributed by atoms with Crippen LogP contribution in [0.5, 0.6) is 0 Å². The molecule has 0 aliphatic carbocycles. The summed E-state index contributed by atoms with van der Waals surface area (Å²) in [6, 6.07) is 1.53. The number of hydrogen-bond acceptors (Lipinski definition) is 6. The van der Waals surface area contributed by atoms with Crippen LogP contribution in [0.3, 0.4) is 0 Å². The van der Waals surface area contributed by atoms with Crippen molar-refractivity contribution in [1.29, 1.82) is 0 Å². The normalized spacial score (nSPS) is 11.9. The number of aromatic nitrogens is 2. The van der Waals surface area contributed by atoms with Crippen LogP contribution in [-0.4, -0.2) is 18.6 Å². The first-order valence-electron chi connectivity index (χ1n) is 5.26. The van der Waals surface area contributed by atoms with E-state index in [0.29, 0.717) is 5.69 Å². The lowest BCUT2D eigenvalue weighted by Gasteiger charge is -2.03. The summed E-state index contributed by atoms with van der Waals surface area (Å²) in [6.45, 7) is 4.02. The van der Waals surface area contributed by atoms with E-state index in [2.05, 4.69) is 19.4 Å². The fraction of sp³-hybridized carbons (Fsp3) is 0.400. The summed E-state index contributed by atoms with van der Waals surface area (Å²) in [5.41, 5.74) is 1.25. The van der Waals surface area contributed by atoms with Gasteiger partial charge in [0.25, 0.3) is 0 Å². The van der Waals surface area contributed by atoms with Crippen LogP contribution in [0.4, 0.5) is 0 Å². The summed E-state index contributed by atoms with van der Waals surface area (Å²) in [4.78, 5) is 5.17. The van der Waals surface area contributed by atoms with Crippen LogP contribution in [0, 0.1) is 13.8 Å². The van der Waals surface area contributed by atoms with Gasteiger partial charge in [-0.25, -0.2) is 18.1 Å². The Hall–Kier alpha value is -1.25. The maximum Gasteiger partial charge on any atom is 0.217 e. The van der Waals surface area contributed by atoms with Crippen molar-refractivity contribution in [3.63, 3.8) is 0 Å². The molecule has 0 spiro atoms. The van der Waals surface area contributed by atoms with Gasteiger partial charge in [0.05, 0.1) is 16.4 Å². The summed E-state index contributed by atoms with van der Waals surface area (Å²) in [5.74, 6) is -0.180. The third kappa shape index (κ3) is 3.37. The Morgan fingerprint density at radius 1 is 1.44 bits per heavy atom. The first kappa shape index (κ1) is 13.2. The second-order valence-electron chi connectivity index (χ2n) is 3.81. The highest BCUT2D eigenvalue weighted by Crippen LogP contribution is 2.17. The molecule has 0 aliphatic rings. The highest BCUT2D eigenvalue weighted by atomic mass is 32.2. The molecular weight excluding hydrogens is 274 g/mol. The van der Waals surface area contributed by atoms with E-state index < -0.39 is 10.0 Å². The largest absolute Gasteiger partial charge is 0.364 e. The van der Waals surface area contributed by atoms with Gasteiger partial charge in [-0.1, -0.05) is 5.16 Å².